The molecule has 0 saturated heterocycles. The number of hydrogen-bond acceptors (Lipinski definition) is 7. The fourth-order valence-corrected chi connectivity index (χ4v) is 5.53. The first kappa shape index (κ1) is 28.4. The van der Waals surface area contributed by atoms with Gasteiger partial charge in [0.2, 0.25) is 0 Å². The lowest BCUT2D eigenvalue weighted by Gasteiger charge is -2.28. The number of aryl methyl sites for hydroxylation is 1. The van der Waals surface area contributed by atoms with Crippen molar-refractivity contribution in [3.63, 3.8) is 0 Å². The van der Waals surface area contributed by atoms with Crippen LogP contribution in [0.2, 0.25) is 5.02 Å². The Labute approximate surface area is 247 Å². The monoisotopic (exact) mass is 585 g/mol. The maximum Gasteiger partial charge on any atom is 0.367 e. The molecule has 0 radical (unpaired) electrons. The number of halogens is 1. The SMILES string of the molecule is COC(=O)[C@H](Cc1ccc(O)cc1)N(Cc1ccc(C)cc1)OC(=O)c1cc2cc(-c3ccc(Cl)cc3)ccc2s1. The molecule has 1 N–H and O–H groups in total. The normalized spacial score (nSPS) is 11.9. The second-order valence-corrected chi connectivity index (χ2v) is 11.2. The number of carbonyl (C=O) groups excluding carboxylic acids is 2. The number of hydroxylamine groups is 2. The van der Waals surface area contributed by atoms with Gasteiger partial charge in [0, 0.05) is 16.1 Å². The van der Waals surface area contributed by atoms with Gasteiger partial charge in [0.25, 0.3) is 0 Å². The predicted octanol–water partition coefficient (Wildman–Crippen LogP) is 7.59. The number of nitrogens with zero attached hydrogens (tertiary/aromatic N) is 1. The van der Waals surface area contributed by atoms with E-state index in [4.69, 9.17) is 21.2 Å². The van der Waals surface area contributed by atoms with E-state index in [1.165, 1.54) is 23.5 Å². The van der Waals surface area contributed by atoms with Crippen molar-refractivity contribution in [2.75, 3.05) is 7.11 Å². The maximum atomic E-state index is 13.5. The Bertz CT molecular complexity index is 1660. The highest BCUT2D eigenvalue weighted by atomic mass is 35.5. The van der Waals surface area contributed by atoms with Crippen molar-refractivity contribution >= 4 is 45.0 Å². The van der Waals surface area contributed by atoms with E-state index in [2.05, 4.69) is 0 Å². The highest BCUT2D eigenvalue weighted by molar-refractivity contribution is 7.20. The molecule has 1 aromatic heterocycles. The number of esters is 1. The van der Waals surface area contributed by atoms with Gasteiger partial charge in [0.1, 0.15) is 16.7 Å². The van der Waals surface area contributed by atoms with Crippen molar-refractivity contribution in [1.29, 1.82) is 0 Å². The third kappa shape index (κ3) is 6.95. The molecule has 0 aliphatic heterocycles. The van der Waals surface area contributed by atoms with Crippen LogP contribution in [0.3, 0.4) is 0 Å². The third-order valence-electron chi connectivity index (χ3n) is 6.74. The molecule has 208 valence electrons. The number of phenolic OH excluding ortho intramolecular Hbond substituents is 1. The molecule has 4 aromatic carbocycles. The second kappa shape index (κ2) is 12.6. The minimum Gasteiger partial charge on any atom is -0.508 e. The van der Waals surface area contributed by atoms with Crippen LogP contribution in [-0.4, -0.2) is 35.3 Å². The summed E-state index contributed by atoms with van der Waals surface area (Å²) in [4.78, 5) is 32.9. The number of hydrogen-bond donors (Lipinski definition) is 1. The predicted molar refractivity (Wildman–Crippen MR) is 162 cm³/mol. The summed E-state index contributed by atoms with van der Waals surface area (Å²) in [5.41, 5.74) is 4.76. The zero-order valence-electron chi connectivity index (χ0n) is 22.5. The van der Waals surface area contributed by atoms with Crippen LogP contribution in [0.5, 0.6) is 5.75 Å². The molecule has 0 saturated carbocycles. The van der Waals surface area contributed by atoms with Crippen molar-refractivity contribution < 1.29 is 24.3 Å². The molecule has 41 heavy (non-hydrogen) atoms. The lowest BCUT2D eigenvalue weighted by Crippen LogP contribution is -2.44. The lowest BCUT2D eigenvalue weighted by molar-refractivity contribution is -0.177. The van der Waals surface area contributed by atoms with E-state index < -0.39 is 18.0 Å². The smallest absolute Gasteiger partial charge is 0.367 e. The summed E-state index contributed by atoms with van der Waals surface area (Å²) in [6.45, 7) is 2.17. The lowest BCUT2D eigenvalue weighted by atomic mass is 10.0. The number of methoxy groups -OCH3 is 1. The number of aromatic hydroxyl groups is 1. The van der Waals surface area contributed by atoms with Crippen molar-refractivity contribution in [2.24, 2.45) is 0 Å². The summed E-state index contributed by atoms with van der Waals surface area (Å²) in [5, 5.41) is 12.7. The quantitative estimate of drug-likeness (QED) is 0.142. The van der Waals surface area contributed by atoms with Crippen molar-refractivity contribution in [3.05, 3.63) is 124 Å². The summed E-state index contributed by atoms with van der Waals surface area (Å²) < 4.78 is 6.06. The third-order valence-corrected chi connectivity index (χ3v) is 8.09. The Morgan fingerprint density at radius 3 is 2.22 bits per heavy atom. The fourth-order valence-electron chi connectivity index (χ4n) is 4.49. The molecule has 0 unspecified atom stereocenters. The molecule has 0 fully saturated rings. The van der Waals surface area contributed by atoms with Crippen LogP contribution >= 0.6 is 22.9 Å². The number of benzene rings is 4. The average molecular weight is 586 g/mol. The van der Waals surface area contributed by atoms with E-state index in [0.717, 1.165) is 37.9 Å². The van der Waals surface area contributed by atoms with Gasteiger partial charge in [-0.15, -0.1) is 16.4 Å². The zero-order valence-corrected chi connectivity index (χ0v) is 24.1. The van der Waals surface area contributed by atoms with Gasteiger partial charge < -0.3 is 14.7 Å². The van der Waals surface area contributed by atoms with E-state index in [9.17, 15) is 14.7 Å². The van der Waals surface area contributed by atoms with E-state index in [0.29, 0.717) is 9.90 Å². The fraction of sp³-hybridized carbons (Fsp3) is 0.152. The van der Waals surface area contributed by atoms with Gasteiger partial charge >= 0.3 is 11.9 Å². The molecular weight excluding hydrogens is 558 g/mol. The largest absolute Gasteiger partial charge is 0.508 e. The molecule has 0 spiro atoms. The van der Waals surface area contributed by atoms with Gasteiger partial charge in [-0.25, -0.2) is 4.79 Å². The average Bonchev–Trinajstić information content (AvgIpc) is 3.41. The molecule has 1 atom stereocenters. The Balaban J connectivity index is 1.44. The van der Waals surface area contributed by atoms with E-state index in [1.54, 1.807) is 30.3 Å². The summed E-state index contributed by atoms with van der Waals surface area (Å²) in [6, 6.07) is 28.8. The number of thiophene rings is 1. The second-order valence-electron chi connectivity index (χ2n) is 9.72. The maximum absolute atomic E-state index is 13.5. The van der Waals surface area contributed by atoms with Gasteiger partial charge in [-0.2, -0.15) is 0 Å². The standard InChI is InChI=1S/C33H28ClNO5S/c1-21-3-5-23(6-4-21)20-35(29(32(37)39-2)17-22-7-14-28(36)15-8-22)40-33(38)31-19-26-18-25(11-16-30(26)41-31)24-9-12-27(34)13-10-24/h3-16,18-19,29,36H,17,20H2,1-2H3/t29-/m0/s1. The minimum atomic E-state index is -0.916. The zero-order chi connectivity index (χ0) is 28.9. The first-order valence-corrected chi connectivity index (χ1v) is 14.2. The highest BCUT2D eigenvalue weighted by Crippen LogP contribution is 2.32. The van der Waals surface area contributed by atoms with Gasteiger partial charge in [-0.3, -0.25) is 4.79 Å². The number of ether oxygens (including phenoxy) is 1. The van der Waals surface area contributed by atoms with Gasteiger partial charge in [0.05, 0.1) is 13.7 Å². The molecular formula is C33H28ClNO5S. The van der Waals surface area contributed by atoms with Gasteiger partial charge in [0.15, 0.2) is 0 Å². The van der Waals surface area contributed by atoms with Crippen LogP contribution in [0.15, 0.2) is 97.1 Å². The Kier molecular flexibility index (Phi) is 8.69. The summed E-state index contributed by atoms with van der Waals surface area (Å²) in [7, 11) is 1.31. The Hall–Kier alpha value is -4.17. The van der Waals surface area contributed by atoms with Crippen LogP contribution in [-0.2, 0) is 27.3 Å². The minimum absolute atomic E-state index is 0.121. The van der Waals surface area contributed by atoms with Crippen molar-refractivity contribution in [2.45, 2.75) is 25.9 Å². The van der Waals surface area contributed by atoms with E-state index >= 15 is 0 Å². The van der Waals surface area contributed by atoms with Gasteiger partial charge in [-0.1, -0.05) is 71.8 Å². The number of phenols is 1. The number of fused-ring (bicyclic) bond motifs is 1. The highest BCUT2D eigenvalue weighted by Gasteiger charge is 2.31. The van der Waals surface area contributed by atoms with Crippen LogP contribution in [0.4, 0.5) is 0 Å². The summed E-state index contributed by atoms with van der Waals surface area (Å²) in [5.74, 6) is -0.983. The molecule has 0 bridgehead atoms. The van der Waals surface area contributed by atoms with Crippen molar-refractivity contribution in [1.82, 2.24) is 5.06 Å². The van der Waals surface area contributed by atoms with Crippen LogP contribution in [0.25, 0.3) is 21.2 Å². The van der Waals surface area contributed by atoms with E-state index in [1.807, 2.05) is 73.7 Å². The van der Waals surface area contributed by atoms with Crippen LogP contribution < -0.4 is 0 Å². The molecule has 6 nitrogen and oxygen atoms in total. The Morgan fingerprint density at radius 1 is 0.878 bits per heavy atom. The molecule has 0 amide bonds. The first-order valence-electron chi connectivity index (χ1n) is 13.0. The molecule has 8 heteroatoms. The Morgan fingerprint density at radius 2 is 1.54 bits per heavy atom. The molecule has 1 heterocycles. The number of carbonyl (C=O) groups is 2. The number of rotatable bonds is 9. The first-order chi connectivity index (χ1) is 19.8. The topological polar surface area (TPSA) is 76.1 Å². The van der Waals surface area contributed by atoms with Crippen LogP contribution in [0, 0.1) is 6.92 Å². The molecule has 5 rings (SSSR count). The molecule has 5 aromatic rings. The van der Waals surface area contributed by atoms with Crippen molar-refractivity contribution in [3.8, 4) is 16.9 Å². The van der Waals surface area contributed by atoms with E-state index in [-0.39, 0.29) is 18.7 Å². The summed E-state index contributed by atoms with van der Waals surface area (Å²) in [6.07, 6.45) is 0.211. The van der Waals surface area contributed by atoms with Crippen LogP contribution in [0.1, 0.15) is 26.4 Å². The van der Waals surface area contributed by atoms with Gasteiger partial charge in [-0.05, 0) is 77.0 Å². The molecule has 0 aliphatic carbocycles. The molecule has 0 aliphatic rings. The summed E-state index contributed by atoms with van der Waals surface area (Å²) >= 11 is 7.37.